The highest BCUT2D eigenvalue weighted by Gasteiger charge is 1.99. The molecule has 0 aliphatic rings. The molecule has 1 aromatic rings. The monoisotopic (exact) mass is 256 g/mol. The average molecular weight is 257 g/mol. The third-order valence-corrected chi connectivity index (χ3v) is 2.76. The maximum Gasteiger partial charge on any atom is 0.303 e. The molecule has 0 bridgehead atoms. The van der Waals surface area contributed by atoms with Crippen LogP contribution in [0.4, 0.5) is 0 Å². The van der Waals surface area contributed by atoms with Crippen LogP contribution in [0.5, 0.6) is 0 Å². The summed E-state index contributed by atoms with van der Waals surface area (Å²) in [5.41, 5.74) is 0.986. The average Bonchev–Trinajstić information content (AvgIpc) is 2.30. The first kappa shape index (κ1) is 14.0. The number of carboxylic acid groups (broad SMARTS) is 1. The van der Waals surface area contributed by atoms with Crippen molar-refractivity contribution >= 4 is 17.6 Å². The van der Waals surface area contributed by atoms with E-state index in [0.29, 0.717) is 19.6 Å². The van der Waals surface area contributed by atoms with Gasteiger partial charge in [0.05, 0.1) is 6.61 Å². The van der Waals surface area contributed by atoms with E-state index in [9.17, 15) is 4.79 Å². The summed E-state index contributed by atoms with van der Waals surface area (Å²) in [6.07, 6.45) is 2.72. The fraction of sp³-hybridized carbons (Fsp3) is 0.462. The molecule has 4 heteroatoms. The molecule has 0 saturated carbocycles. The van der Waals surface area contributed by atoms with Gasteiger partial charge in [-0.15, -0.1) is 0 Å². The number of unbranched alkanes of at least 4 members (excludes halogenated alkanes) is 2. The Morgan fingerprint density at radius 1 is 1.24 bits per heavy atom. The second kappa shape index (κ2) is 8.09. The van der Waals surface area contributed by atoms with Crippen molar-refractivity contribution in [1.82, 2.24) is 0 Å². The van der Waals surface area contributed by atoms with E-state index in [1.807, 2.05) is 24.3 Å². The molecule has 94 valence electrons. The van der Waals surface area contributed by atoms with E-state index in [4.69, 9.17) is 21.4 Å². The van der Waals surface area contributed by atoms with Gasteiger partial charge in [0.1, 0.15) is 0 Å². The Labute approximate surface area is 106 Å². The summed E-state index contributed by atoms with van der Waals surface area (Å²) in [6.45, 7) is 1.16. The van der Waals surface area contributed by atoms with Gasteiger partial charge < -0.3 is 9.84 Å². The second-order valence-electron chi connectivity index (χ2n) is 3.85. The highest BCUT2D eigenvalue weighted by Crippen LogP contribution is 2.15. The van der Waals surface area contributed by atoms with Crippen LogP contribution in [0.2, 0.25) is 5.02 Å². The first-order valence-corrected chi connectivity index (χ1v) is 6.11. The molecule has 0 saturated heterocycles. The van der Waals surface area contributed by atoms with Gasteiger partial charge in [-0.25, -0.2) is 0 Å². The summed E-state index contributed by atoms with van der Waals surface area (Å²) in [7, 11) is 0. The van der Waals surface area contributed by atoms with E-state index in [1.165, 1.54) is 0 Å². The van der Waals surface area contributed by atoms with E-state index < -0.39 is 5.97 Å². The van der Waals surface area contributed by atoms with Gasteiger partial charge in [0.2, 0.25) is 0 Å². The van der Waals surface area contributed by atoms with Crippen molar-refractivity contribution in [2.75, 3.05) is 6.61 Å². The number of carboxylic acids is 1. The lowest BCUT2D eigenvalue weighted by atomic mass is 10.2. The lowest BCUT2D eigenvalue weighted by Crippen LogP contribution is -1.98. The Morgan fingerprint density at radius 2 is 2.00 bits per heavy atom. The quantitative estimate of drug-likeness (QED) is 0.724. The van der Waals surface area contributed by atoms with E-state index >= 15 is 0 Å². The Morgan fingerprint density at radius 3 is 2.71 bits per heavy atom. The van der Waals surface area contributed by atoms with Crippen LogP contribution in [-0.4, -0.2) is 17.7 Å². The van der Waals surface area contributed by atoms with Crippen LogP contribution in [0.25, 0.3) is 0 Å². The molecule has 0 radical (unpaired) electrons. The lowest BCUT2D eigenvalue weighted by molar-refractivity contribution is -0.137. The van der Waals surface area contributed by atoms with Crippen molar-refractivity contribution in [2.45, 2.75) is 32.3 Å². The van der Waals surface area contributed by atoms with E-state index in [0.717, 1.165) is 23.4 Å². The van der Waals surface area contributed by atoms with Crippen LogP contribution < -0.4 is 0 Å². The van der Waals surface area contributed by atoms with Gasteiger partial charge in [-0.1, -0.05) is 36.2 Å². The Balaban J connectivity index is 2.05. The van der Waals surface area contributed by atoms with Crippen molar-refractivity contribution in [3.05, 3.63) is 34.9 Å². The molecule has 0 aromatic heterocycles. The summed E-state index contributed by atoms with van der Waals surface area (Å²) < 4.78 is 5.48. The summed E-state index contributed by atoms with van der Waals surface area (Å²) in [5, 5.41) is 9.17. The normalized spacial score (nSPS) is 10.4. The topological polar surface area (TPSA) is 46.5 Å². The Bertz CT molecular complexity index is 352. The fourth-order valence-corrected chi connectivity index (χ4v) is 1.64. The summed E-state index contributed by atoms with van der Waals surface area (Å²) in [6, 6.07) is 7.59. The van der Waals surface area contributed by atoms with Gasteiger partial charge in [-0.3, -0.25) is 4.79 Å². The molecule has 0 fully saturated rings. The fourth-order valence-electron chi connectivity index (χ4n) is 1.45. The number of ether oxygens (including phenoxy) is 1. The van der Waals surface area contributed by atoms with Gasteiger partial charge in [0.15, 0.2) is 0 Å². The maximum absolute atomic E-state index is 10.3. The molecule has 0 spiro atoms. The number of hydrogen-bond donors (Lipinski definition) is 1. The van der Waals surface area contributed by atoms with E-state index in [1.54, 1.807) is 0 Å². The first-order chi connectivity index (χ1) is 8.20. The SMILES string of the molecule is O=C(O)CCCCCOCc1ccccc1Cl. The van der Waals surface area contributed by atoms with Crippen molar-refractivity contribution < 1.29 is 14.6 Å². The number of benzene rings is 1. The van der Waals surface area contributed by atoms with E-state index in [2.05, 4.69) is 0 Å². The zero-order valence-electron chi connectivity index (χ0n) is 9.69. The number of aliphatic carboxylic acids is 1. The Hall–Kier alpha value is -1.06. The van der Waals surface area contributed by atoms with Gasteiger partial charge in [0.25, 0.3) is 0 Å². The molecule has 3 nitrogen and oxygen atoms in total. The molecule has 1 rings (SSSR count). The zero-order valence-corrected chi connectivity index (χ0v) is 10.4. The van der Waals surface area contributed by atoms with Crippen LogP contribution in [0, 0.1) is 0 Å². The molecule has 1 N–H and O–H groups in total. The van der Waals surface area contributed by atoms with Crippen molar-refractivity contribution in [3.63, 3.8) is 0 Å². The predicted molar refractivity (Wildman–Crippen MR) is 67.2 cm³/mol. The van der Waals surface area contributed by atoms with Crippen LogP contribution >= 0.6 is 11.6 Å². The third-order valence-electron chi connectivity index (χ3n) is 2.39. The molecule has 0 aliphatic heterocycles. The smallest absolute Gasteiger partial charge is 0.303 e. The molecule has 0 atom stereocenters. The minimum atomic E-state index is -0.734. The van der Waals surface area contributed by atoms with E-state index in [-0.39, 0.29) is 6.42 Å². The van der Waals surface area contributed by atoms with Crippen molar-refractivity contribution in [3.8, 4) is 0 Å². The van der Waals surface area contributed by atoms with Crippen LogP contribution in [-0.2, 0) is 16.1 Å². The Kier molecular flexibility index (Phi) is 6.67. The molecule has 0 unspecified atom stereocenters. The zero-order chi connectivity index (χ0) is 12.5. The molecular formula is C13H17ClO3. The second-order valence-corrected chi connectivity index (χ2v) is 4.26. The van der Waals surface area contributed by atoms with Crippen molar-refractivity contribution in [2.24, 2.45) is 0 Å². The minimum absolute atomic E-state index is 0.241. The van der Waals surface area contributed by atoms with Gasteiger partial charge in [-0.05, 0) is 24.5 Å². The molecule has 17 heavy (non-hydrogen) atoms. The third kappa shape index (κ3) is 6.29. The number of carbonyl (C=O) groups is 1. The summed E-state index contributed by atoms with van der Waals surface area (Å²) in [5.74, 6) is -0.734. The van der Waals surface area contributed by atoms with Crippen molar-refractivity contribution in [1.29, 1.82) is 0 Å². The highest BCUT2D eigenvalue weighted by atomic mass is 35.5. The molecule has 0 heterocycles. The van der Waals surface area contributed by atoms with Crippen LogP contribution in [0.15, 0.2) is 24.3 Å². The predicted octanol–water partition coefficient (Wildman–Crippen LogP) is 3.50. The van der Waals surface area contributed by atoms with Gasteiger partial charge >= 0.3 is 5.97 Å². The molecule has 0 amide bonds. The first-order valence-electron chi connectivity index (χ1n) is 5.73. The molecular weight excluding hydrogens is 240 g/mol. The number of halogens is 1. The minimum Gasteiger partial charge on any atom is -0.481 e. The van der Waals surface area contributed by atoms with Crippen LogP contribution in [0.1, 0.15) is 31.2 Å². The van der Waals surface area contributed by atoms with Crippen LogP contribution in [0.3, 0.4) is 0 Å². The van der Waals surface area contributed by atoms with Gasteiger partial charge in [0, 0.05) is 18.1 Å². The molecule has 0 aliphatic carbocycles. The number of rotatable bonds is 8. The maximum atomic E-state index is 10.3. The summed E-state index contributed by atoms with van der Waals surface area (Å²) >= 11 is 5.98. The molecule has 1 aromatic carbocycles. The number of hydrogen-bond acceptors (Lipinski definition) is 2. The standard InChI is InChI=1S/C13H17ClO3/c14-12-7-4-3-6-11(12)10-17-9-5-1-2-8-13(15)16/h3-4,6-7H,1-2,5,8-10H2,(H,15,16). The highest BCUT2D eigenvalue weighted by molar-refractivity contribution is 6.31. The summed E-state index contributed by atoms with van der Waals surface area (Å²) in [4.78, 5) is 10.3. The lowest BCUT2D eigenvalue weighted by Gasteiger charge is -2.05. The van der Waals surface area contributed by atoms with Gasteiger partial charge in [-0.2, -0.15) is 0 Å². The largest absolute Gasteiger partial charge is 0.481 e.